The van der Waals surface area contributed by atoms with Gasteiger partial charge in [0, 0.05) is 37.6 Å². The second kappa shape index (κ2) is 5.48. The molecule has 1 aromatic heterocycles. The first kappa shape index (κ1) is 13.7. The molecular formula is C14H15N3O3. The molecule has 0 atom stereocenters. The van der Waals surface area contributed by atoms with Crippen molar-refractivity contribution in [3.8, 4) is 5.88 Å². The number of nitrogens with zero attached hydrogens (tertiary/aromatic N) is 1. The average Bonchev–Trinajstić information content (AvgIpc) is 2.38. The summed E-state index contributed by atoms with van der Waals surface area (Å²) in [5.74, 6) is -0.797. The van der Waals surface area contributed by atoms with Crippen LogP contribution in [0, 0.1) is 0 Å². The Hall–Kier alpha value is -2.76. The first-order valence-corrected chi connectivity index (χ1v) is 5.98. The van der Waals surface area contributed by atoms with Crippen molar-refractivity contribution in [3.63, 3.8) is 0 Å². The molecule has 0 aliphatic rings. The van der Waals surface area contributed by atoms with E-state index in [9.17, 15) is 14.7 Å². The quantitative estimate of drug-likeness (QED) is 0.789. The summed E-state index contributed by atoms with van der Waals surface area (Å²) in [6, 6.07) is 9.59. The molecule has 20 heavy (non-hydrogen) atoms. The molecule has 6 nitrogen and oxygen atoms in total. The van der Waals surface area contributed by atoms with Crippen molar-refractivity contribution in [1.29, 1.82) is 0 Å². The standard InChI is InChI=1S/C14H15N3O3/c1-17(2)11-5-3-10(4-6-11)15-14(20)9-7-12(18)16-13(19)8-9/h3-8H,1-2H3,(H,15,20)(H2,16,18,19). The monoisotopic (exact) mass is 273 g/mol. The van der Waals surface area contributed by atoms with E-state index in [0.717, 1.165) is 11.8 Å². The van der Waals surface area contributed by atoms with Gasteiger partial charge >= 0.3 is 0 Å². The topological polar surface area (TPSA) is 85.4 Å². The minimum absolute atomic E-state index is 0.0999. The Labute approximate surface area is 115 Å². The molecule has 1 aromatic carbocycles. The molecule has 0 bridgehead atoms. The molecule has 1 amide bonds. The number of amides is 1. The average molecular weight is 273 g/mol. The molecule has 0 unspecified atom stereocenters. The fraction of sp³-hybridized carbons (Fsp3) is 0.143. The van der Waals surface area contributed by atoms with Crippen LogP contribution in [0.4, 0.5) is 11.4 Å². The Morgan fingerprint density at radius 3 is 2.40 bits per heavy atom. The van der Waals surface area contributed by atoms with Crippen LogP contribution < -0.4 is 15.8 Å². The van der Waals surface area contributed by atoms with E-state index in [0.29, 0.717) is 5.69 Å². The van der Waals surface area contributed by atoms with Crippen LogP contribution in [0.1, 0.15) is 10.4 Å². The van der Waals surface area contributed by atoms with Gasteiger partial charge in [0.1, 0.15) is 0 Å². The zero-order valence-corrected chi connectivity index (χ0v) is 11.2. The highest BCUT2D eigenvalue weighted by atomic mass is 16.3. The van der Waals surface area contributed by atoms with E-state index in [1.165, 1.54) is 6.07 Å². The number of H-pyrrole nitrogens is 1. The number of aromatic amines is 1. The number of hydrogen-bond acceptors (Lipinski definition) is 4. The number of benzene rings is 1. The van der Waals surface area contributed by atoms with Crippen LogP contribution in [0.5, 0.6) is 5.88 Å². The maximum Gasteiger partial charge on any atom is 0.256 e. The molecule has 1 heterocycles. The van der Waals surface area contributed by atoms with Gasteiger partial charge in [0.2, 0.25) is 0 Å². The summed E-state index contributed by atoms with van der Waals surface area (Å²) in [5, 5.41) is 11.9. The molecule has 0 saturated carbocycles. The summed E-state index contributed by atoms with van der Waals surface area (Å²) < 4.78 is 0. The van der Waals surface area contributed by atoms with E-state index in [1.54, 1.807) is 12.1 Å². The minimum atomic E-state index is -0.530. The number of rotatable bonds is 3. The minimum Gasteiger partial charge on any atom is -0.494 e. The van der Waals surface area contributed by atoms with Gasteiger partial charge in [0.15, 0.2) is 5.88 Å². The van der Waals surface area contributed by atoms with Crippen LogP contribution in [0.25, 0.3) is 0 Å². The van der Waals surface area contributed by atoms with Gasteiger partial charge in [-0.25, -0.2) is 0 Å². The Balaban J connectivity index is 2.17. The predicted molar refractivity (Wildman–Crippen MR) is 77.4 cm³/mol. The lowest BCUT2D eigenvalue weighted by atomic mass is 10.2. The Bertz CT molecular complexity index is 675. The number of carbonyl (C=O) groups excluding carboxylic acids is 1. The van der Waals surface area contributed by atoms with Crippen LogP contribution in [-0.4, -0.2) is 30.1 Å². The van der Waals surface area contributed by atoms with E-state index in [-0.39, 0.29) is 11.4 Å². The third-order valence-electron chi connectivity index (χ3n) is 2.73. The van der Waals surface area contributed by atoms with Gasteiger partial charge in [-0.15, -0.1) is 0 Å². The lowest BCUT2D eigenvalue weighted by molar-refractivity contribution is 0.102. The van der Waals surface area contributed by atoms with Crippen LogP contribution >= 0.6 is 0 Å². The first-order valence-electron chi connectivity index (χ1n) is 5.98. The molecule has 2 aromatic rings. The molecular weight excluding hydrogens is 258 g/mol. The third kappa shape index (κ3) is 3.17. The molecule has 0 aliphatic carbocycles. The highest BCUT2D eigenvalue weighted by molar-refractivity contribution is 6.04. The summed E-state index contributed by atoms with van der Waals surface area (Å²) in [4.78, 5) is 27.2. The van der Waals surface area contributed by atoms with E-state index < -0.39 is 11.5 Å². The van der Waals surface area contributed by atoms with Crippen molar-refractivity contribution in [2.45, 2.75) is 0 Å². The second-order valence-electron chi connectivity index (χ2n) is 4.51. The summed E-state index contributed by atoms with van der Waals surface area (Å²) in [6.07, 6.45) is 0. The summed E-state index contributed by atoms with van der Waals surface area (Å²) in [6.45, 7) is 0. The zero-order valence-electron chi connectivity index (χ0n) is 11.2. The molecule has 0 radical (unpaired) electrons. The van der Waals surface area contributed by atoms with E-state index in [2.05, 4.69) is 10.3 Å². The number of carbonyl (C=O) groups is 1. The van der Waals surface area contributed by atoms with Crippen molar-refractivity contribution < 1.29 is 9.90 Å². The fourth-order valence-corrected chi connectivity index (χ4v) is 1.71. The highest BCUT2D eigenvalue weighted by Crippen LogP contribution is 2.16. The number of aromatic hydroxyl groups is 1. The van der Waals surface area contributed by atoms with Crippen molar-refractivity contribution in [2.75, 3.05) is 24.3 Å². The predicted octanol–water partition coefficient (Wildman–Crippen LogP) is 1.40. The summed E-state index contributed by atoms with van der Waals surface area (Å²) in [5.41, 5.74) is 1.19. The van der Waals surface area contributed by atoms with Gasteiger partial charge in [0.25, 0.3) is 11.5 Å². The fourth-order valence-electron chi connectivity index (χ4n) is 1.71. The molecule has 3 N–H and O–H groups in total. The largest absolute Gasteiger partial charge is 0.494 e. The van der Waals surface area contributed by atoms with E-state index in [4.69, 9.17) is 0 Å². The molecule has 104 valence electrons. The van der Waals surface area contributed by atoms with Gasteiger partial charge in [0.05, 0.1) is 5.56 Å². The SMILES string of the molecule is CN(C)c1ccc(NC(=O)c2cc(O)[nH]c(=O)c2)cc1. The first-order chi connectivity index (χ1) is 9.45. The Morgan fingerprint density at radius 1 is 1.20 bits per heavy atom. The number of anilines is 2. The molecule has 0 fully saturated rings. The number of nitrogens with one attached hydrogen (secondary N) is 2. The maximum atomic E-state index is 12.0. The van der Waals surface area contributed by atoms with Crippen molar-refractivity contribution >= 4 is 17.3 Å². The smallest absolute Gasteiger partial charge is 0.256 e. The molecule has 0 aliphatic heterocycles. The van der Waals surface area contributed by atoms with E-state index in [1.807, 2.05) is 31.1 Å². The summed E-state index contributed by atoms with van der Waals surface area (Å²) >= 11 is 0. The van der Waals surface area contributed by atoms with E-state index >= 15 is 0 Å². The van der Waals surface area contributed by atoms with Crippen LogP contribution in [-0.2, 0) is 0 Å². The van der Waals surface area contributed by atoms with Crippen LogP contribution in [0.15, 0.2) is 41.2 Å². The lowest BCUT2D eigenvalue weighted by Crippen LogP contribution is -2.16. The Kier molecular flexibility index (Phi) is 3.74. The van der Waals surface area contributed by atoms with Crippen molar-refractivity contribution in [1.82, 2.24) is 4.98 Å². The number of pyridine rings is 1. The van der Waals surface area contributed by atoms with Gasteiger partial charge in [-0.1, -0.05) is 0 Å². The number of hydrogen-bond donors (Lipinski definition) is 3. The van der Waals surface area contributed by atoms with Gasteiger partial charge < -0.3 is 15.3 Å². The van der Waals surface area contributed by atoms with Gasteiger partial charge in [-0.2, -0.15) is 0 Å². The third-order valence-corrected chi connectivity index (χ3v) is 2.73. The molecule has 0 spiro atoms. The van der Waals surface area contributed by atoms with Crippen molar-refractivity contribution in [3.05, 3.63) is 52.3 Å². The molecule has 2 rings (SSSR count). The Morgan fingerprint density at radius 2 is 1.85 bits per heavy atom. The number of aromatic nitrogens is 1. The van der Waals surface area contributed by atoms with Gasteiger partial charge in [-0.3, -0.25) is 14.6 Å². The zero-order chi connectivity index (χ0) is 14.7. The van der Waals surface area contributed by atoms with Crippen LogP contribution in [0.2, 0.25) is 0 Å². The second-order valence-corrected chi connectivity index (χ2v) is 4.51. The molecule has 6 heteroatoms. The highest BCUT2D eigenvalue weighted by Gasteiger charge is 2.08. The maximum absolute atomic E-state index is 12.0. The van der Waals surface area contributed by atoms with Gasteiger partial charge in [-0.05, 0) is 24.3 Å². The van der Waals surface area contributed by atoms with Crippen LogP contribution in [0.3, 0.4) is 0 Å². The lowest BCUT2D eigenvalue weighted by Gasteiger charge is -2.13. The summed E-state index contributed by atoms with van der Waals surface area (Å²) in [7, 11) is 3.85. The normalized spacial score (nSPS) is 10.1. The molecule has 0 saturated heterocycles. The van der Waals surface area contributed by atoms with Crippen molar-refractivity contribution in [2.24, 2.45) is 0 Å².